The number of halogens is 2. The molecule has 140 valence electrons. The second-order valence-electron chi connectivity index (χ2n) is 6.46. The molecule has 1 aliphatic carbocycles. The fourth-order valence-corrected chi connectivity index (χ4v) is 3.31. The second kappa shape index (κ2) is 10.5. The lowest BCUT2D eigenvalue weighted by molar-refractivity contribution is 0.0170. The van der Waals surface area contributed by atoms with Crippen molar-refractivity contribution >= 4 is 41.5 Å². The molecule has 0 spiro atoms. The molecule has 1 aromatic carbocycles. The Morgan fingerprint density at radius 3 is 2.64 bits per heavy atom. The van der Waals surface area contributed by atoms with E-state index >= 15 is 0 Å². The van der Waals surface area contributed by atoms with Crippen molar-refractivity contribution in [3.05, 3.63) is 34.9 Å². The smallest absolute Gasteiger partial charge is 0.191 e. The van der Waals surface area contributed by atoms with E-state index in [4.69, 9.17) is 16.3 Å². The number of ether oxygens (including phenoxy) is 1. The molecule has 1 heterocycles. The van der Waals surface area contributed by atoms with Gasteiger partial charge in [0, 0.05) is 38.2 Å². The summed E-state index contributed by atoms with van der Waals surface area (Å²) in [5.74, 6) is 1.69. The molecule has 1 saturated carbocycles. The second-order valence-corrected chi connectivity index (χ2v) is 6.87. The molecule has 0 radical (unpaired) electrons. The Labute approximate surface area is 172 Å². The van der Waals surface area contributed by atoms with E-state index in [2.05, 4.69) is 32.7 Å². The van der Waals surface area contributed by atoms with Gasteiger partial charge in [-0.2, -0.15) is 0 Å². The Hall–Kier alpha value is -0.570. The fourth-order valence-electron chi connectivity index (χ4n) is 3.05. The van der Waals surface area contributed by atoms with Crippen molar-refractivity contribution in [1.82, 2.24) is 15.5 Å². The van der Waals surface area contributed by atoms with Crippen LogP contribution in [0, 0.1) is 5.92 Å². The zero-order valence-corrected chi connectivity index (χ0v) is 17.8. The molecule has 7 heteroatoms. The number of nitrogens with zero attached hydrogens (tertiary/aromatic N) is 2. The number of hydrogen-bond donors (Lipinski definition) is 2. The van der Waals surface area contributed by atoms with Crippen molar-refractivity contribution in [3.63, 3.8) is 0 Å². The fraction of sp³-hybridized carbons (Fsp3) is 0.611. The first-order chi connectivity index (χ1) is 11.8. The summed E-state index contributed by atoms with van der Waals surface area (Å²) in [6.45, 7) is 5.17. The average Bonchev–Trinajstić information content (AvgIpc) is 3.44. The van der Waals surface area contributed by atoms with E-state index in [1.807, 2.05) is 19.2 Å². The van der Waals surface area contributed by atoms with Gasteiger partial charge in [-0.3, -0.25) is 9.89 Å². The summed E-state index contributed by atoms with van der Waals surface area (Å²) in [4.78, 5) is 6.78. The Balaban J connectivity index is 0.00000225. The number of guanidine groups is 1. The van der Waals surface area contributed by atoms with Crippen LogP contribution in [0.4, 0.5) is 0 Å². The van der Waals surface area contributed by atoms with Crippen molar-refractivity contribution in [2.45, 2.75) is 18.9 Å². The predicted octanol–water partition coefficient (Wildman–Crippen LogP) is 2.91. The maximum absolute atomic E-state index is 6.47. The van der Waals surface area contributed by atoms with E-state index in [1.165, 1.54) is 12.8 Å². The van der Waals surface area contributed by atoms with Gasteiger partial charge in [0.2, 0.25) is 0 Å². The zero-order valence-electron chi connectivity index (χ0n) is 14.7. The van der Waals surface area contributed by atoms with Gasteiger partial charge in [0.25, 0.3) is 0 Å². The predicted molar refractivity (Wildman–Crippen MR) is 114 cm³/mol. The molecule has 5 nitrogen and oxygen atoms in total. The summed E-state index contributed by atoms with van der Waals surface area (Å²) >= 11 is 6.47. The summed E-state index contributed by atoms with van der Waals surface area (Å²) in [5.41, 5.74) is 1.16. The SMILES string of the molecule is CN=C(NCC1CC1)NCC(c1ccccc1Cl)N1CCOCC1.I. The minimum Gasteiger partial charge on any atom is -0.379 e. The molecule has 2 aliphatic rings. The van der Waals surface area contributed by atoms with Gasteiger partial charge in [-0.15, -0.1) is 24.0 Å². The van der Waals surface area contributed by atoms with E-state index in [0.29, 0.717) is 0 Å². The maximum atomic E-state index is 6.47. The van der Waals surface area contributed by atoms with Crippen LogP contribution < -0.4 is 10.6 Å². The quantitative estimate of drug-likeness (QED) is 0.375. The summed E-state index contributed by atoms with van der Waals surface area (Å²) in [6, 6.07) is 8.32. The average molecular weight is 479 g/mol. The van der Waals surface area contributed by atoms with Gasteiger partial charge in [-0.1, -0.05) is 29.8 Å². The van der Waals surface area contributed by atoms with Gasteiger partial charge in [0.1, 0.15) is 0 Å². The molecule has 0 bridgehead atoms. The number of benzene rings is 1. The van der Waals surface area contributed by atoms with Crippen molar-refractivity contribution in [1.29, 1.82) is 0 Å². The van der Waals surface area contributed by atoms with E-state index < -0.39 is 0 Å². The maximum Gasteiger partial charge on any atom is 0.191 e. The van der Waals surface area contributed by atoms with Crippen molar-refractivity contribution in [3.8, 4) is 0 Å². The lowest BCUT2D eigenvalue weighted by Gasteiger charge is -2.35. The molecule has 3 rings (SSSR count). The summed E-state index contributed by atoms with van der Waals surface area (Å²) < 4.78 is 5.50. The van der Waals surface area contributed by atoms with Gasteiger partial charge >= 0.3 is 0 Å². The molecule has 0 amide bonds. The van der Waals surface area contributed by atoms with Crippen LogP contribution in [0.3, 0.4) is 0 Å². The molecular formula is C18H28ClIN4O. The highest BCUT2D eigenvalue weighted by Crippen LogP contribution is 2.28. The molecule has 0 aromatic heterocycles. The third-order valence-corrected chi connectivity index (χ3v) is 5.04. The van der Waals surface area contributed by atoms with E-state index in [1.54, 1.807) is 0 Å². The van der Waals surface area contributed by atoms with Crippen LogP contribution in [0.2, 0.25) is 5.02 Å². The highest BCUT2D eigenvalue weighted by Gasteiger charge is 2.25. The zero-order chi connectivity index (χ0) is 16.8. The molecule has 2 N–H and O–H groups in total. The molecule has 1 aromatic rings. The highest BCUT2D eigenvalue weighted by atomic mass is 127. The van der Waals surface area contributed by atoms with Crippen LogP contribution in [-0.2, 0) is 4.74 Å². The van der Waals surface area contributed by atoms with Crippen molar-refractivity contribution < 1.29 is 4.74 Å². The summed E-state index contributed by atoms with van der Waals surface area (Å²) in [7, 11) is 1.82. The molecule has 1 unspecified atom stereocenters. The Morgan fingerprint density at radius 2 is 2.00 bits per heavy atom. The van der Waals surface area contributed by atoms with Gasteiger partial charge in [-0.05, 0) is 30.4 Å². The number of hydrogen-bond acceptors (Lipinski definition) is 3. The van der Waals surface area contributed by atoms with Crippen LogP contribution in [-0.4, -0.2) is 57.3 Å². The van der Waals surface area contributed by atoms with Gasteiger partial charge in [0.15, 0.2) is 5.96 Å². The van der Waals surface area contributed by atoms with Gasteiger partial charge in [-0.25, -0.2) is 0 Å². The van der Waals surface area contributed by atoms with E-state index in [9.17, 15) is 0 Å². The van der Waals surface area contributed by atoms with Gasteiger partial charge in [0.05, 0.1) is 19.3 Å². The molecule has 1 atom stereocenters. The molecular weight excluding hydrogens is 451 g/mol. The van der Waals surface area contributed by atoms with Gasteiger partial charge < -0.3 is 15.4 Å². The number of rotatable bonds is 6. The Bertz CT molecular complexity index is 562. The minimum atomic E-state index is 0. The van der Waals surface area contributed by atoms with Crippen molar-refractivity contribution in [2.24, 2.45) is 10.9 Å². The van der Waals surface area contributed by atoms with Crippen LogP contribution in [0.25, 0.3) is 0 Å². The largest absolute Gasteiger partial charge is 0.379 e. The molecule has 1 saturated heterocycles. The number of nitrogens with one attached hydrogen (secondary N) is 2. The normalized spacial score (nSPS) is 19.8. The lowest BCUT2D eigenvalue weighted by Crippen LogP contribution is -2.46. The molecule has 2 fully saturated rings. The highest BCUT2D eigenvalue weighted by molar-refractivity contribution is 14.0. The first-order valence-electron chi connectivity index (χ1n) is 8.78. The third kappa shape index (κ3) is 6.27. The lowest BCUT2D eigenvalue weighted by atomic mass is 10.0. The molecule has 25 heavy (non-hydrogen) atoms. The third-order valence-electron chi connectivity index (χ3n) is 4.69. The van der Waals surface area contributed by atoms with E-state index in [-0.39, 0.29) is 30.0 Å². The summed E-state index contributed by atoms with van der Waals surface area (Å²) in [5, 5.41) is 7.71. The molecule has 1 aliphatic heterocycles. The first-order valence-corrected chi connectivity index (χ1v) is 9.16. The number of morpholine rings is 1. The topological polar surface area (TPSA) is 48.9 Å². The van der Waals surface area contributed by atoms with Crippen LogP contribution >= 0.6 is 35.6 Å². The first kappa shape index (κ1) is 20.7. The van der Waals surface area contributed by atoms with Crippen molar-refractivity contribution in [2.75, 3.05) is 46.4 Å². The van der Waals surface area contributed by atoms with Crippen LogP contribution in [0.1, 0.15) is 24.4 Å². The Morgan fingerprint density at radius 1 is 1.28 bits per heavy atom. The standard InChI is InChI=1S/C18H27ClN4O.HI/c1-20-18(21-12-14-6-7-14)22-13-17(23-8-10-24-11-9-23)15-4-2-3-5-16(15)19;/h2-5,14,17H,6-13H2,1H3,(H2,20,21,22);1H. The minimum absolute atomic E-state index is 0. The number of aliphatic imine (C=N–C) groups is 1. The van der Waals surface area contributed by atoms with Crippen LogP contribution in [0.15, 0.2) is 29.3 Å². The Kier molecular flexibility index (Phi) is 8.75. The monoisotopic (exact) mass is 478 g/mol. The van der Waals surface area contributed by atoms with E-state index in [0.717, 1.165) is 61.9 Å². The van der Waals surface area contributed by atoms with Crippen LogP contribution in [0.5, 0.6) is 0 Å². The summed E-state index contributed by atoms with van der Waals surface area (Å²) in [6.07, 6.45) is 2.67.